The maximum absolute atomic E-state index is 12.4. The van der Waals surface area contributed by atoms with Crippen LogP contribution in [0.2, 0.25) is 0 Å². The lowest BCUT2D eigenvalue weighted by Crippen LogP contribution is -2.45. The summed E-state index contributed by atoms with van der Waals surface area (Å²) in [5.41, 5.74) is 0.749. The molecule has 2 rings (SSSR count). The lowest BCUT2D eigenvalue weighted by Gasteiger charge is -2.31. The summed E-state index contributed by atoms with van der Waals surface area (Å²) in [6, 6.07) is 5.51. The van der Waals surface area contributed by atoms with Gasteiger partial charge in [0.2, 0.25) is 5.91 Å². The first kappa shape index (κ1) is 14.7. The highest BCUT2D eigenvalue weighted by Gasteiger charge is 2.35. The average molecular weight is 275 g/mol. The number of ketones is 1. The summed E-state index contributed by atoms with van der Waals surface area (Å²) in [6.07, 6.45) is 5.21. The van der Waals surface area contributed by atoms with Crippen molar-refractivity contribution < 1.29 is 9.59 Å². The molecule has 1 saturated carbocycles. The highest BCUT2D eigenvalue weighted by molar-refractivity contribution is 5.87. The maximum Gasteiger partial charge on any atom is 0.240 e. The number of pyridine rings is 1. The zero-order valence-corrected chi connectivity index (χ0v) is 11.8. The van der Waals surface area contributed by atoms with Gasteiger partial charge < -0.3 is 0 Å². The van der Waals surface area contributed by atoms with E-state index >= 15 is 0 Å². The van der Waals surface area contributed by atoms with Crippen LogP contribution in [-0.4, -0.2) is 21.7 Å². The van der Waals surface area contributed by atoms with E-state index in [-0.39, 0.29) is 30.1 Å². The second-order valence-corrected chi connectivity index (χ2v) is 5.40. The van der Waals surface area contributed by atoms with Gasteiger partial charge >= 0.3 is 0 Å². The van der Waals surface area contributed by atoms with E-state index in [0.717, 1.165) is 31.4 Å². The summed E-state index contributed by atoms with van der Waals surface area (Å²) in [5.74, 6) is 5.38. The molecule has 1 aromatic heterocycles. The molecule has 1 aliphatic rings. The monoisotopic (exact) mass is 275 g/mol. The van der Waals surface area contributed by atoms with E-state index in [1.807, 2.05) is 18.2 Å². The molecule has 2 atom stereocenters. The number of rotatable bonds is 4. The fourth-order valence-corrected chi connectivity index (χ4v) is 2.87. The minimum atomic E-state index is -0.269. The second-order valence-electron chi connectivity index (χ2n) is 5.40. The molecular weight excluding hydrogens is 254 g/mol. The van der Waals surface area contributed by atoms with Crippen LogP contribution < -0.4 is 5.84 Å². The Kier molecular flexibility index (Phi) is 4.84. The van der Waals surface area contributed by atoms with Gasteiger partial charge in [-0.2, -0.15) is 0 Å². The van der Waals surface area contributed by atoms with Gasteiger partial charge in [0.15, 0.2) is 0 Å². The zero-order chi connectivity index (χ0) is 14.5. The van der Waals surface area contributed by atoms with Crippen molar-refractivity contribution >= 4 is 11.7 Å². The van der Waals surface area contributed by atoms with Crippen LogP contribution in [0.3, 0.4) is 0 Å². The van der Waals surface area contributed by atoms with Gasteiger partial charge in [0, 0.05) is 18.0 Å². The van der Waals surface area contributed by atoms with Crippen molar-refractivity contribution in [3.63, 3.8) is 0 Å². The van der Waals surface area contributed by atoms with E-state index in [9.17, 15) is 9.59 Å². The van der Waals surface area contributed by atoms with Gasteiger partial charge in [-0.05, 0) is 31.9 Å². The summed E-state index contributed by atoms with van der Waals surface area (Å²) in [4.78, 5) is 28.3. The second kappa shape index (κ2) is 6.61. The minimum absolute atomic E-state index is 0.0919. The molecule has 0 bridgehead atoms. The van der Waals surface area contributed by atoms with Gasteiger partial charge in [-0.25, -0.2) is 5.84 Å². The quantitative estimate of drug-likeness (QED) is 0.515. The zero-order valence-electron chi connectivity index (χ0n) is 11.8. The van der Waals surface area contributed by atoms with Crippen molar-refractivity contribution in [1.29, 1.82) is 0 Å². The molecule has 0 aromatic carbocycles. The van der Waals surface area contributed by atoms with E-state index in [4.69, 9.17) is 5.84 Å². The predicted octanol–water partition coefficient (Wildman–Crippen LogP) is 1.68. The number of hydrogen-bond acceptors (Lipinski definition) is 4. The Morgan fingerprint density at radius 2 is 2.00 bits per heavy atom. The molecule has 1 heterocycles. The van der Waals surface area contributed by atoms with E-state index in [2.05, 4.69) is 4.98 Å². The summed E-state index contributed by atoms with van der Waals surface area (Å²) < 4.78 is 0. The van der Waals surface area contributed by atoms with Gasteiger partial charge in [0.25, 0.3) is 0 Å². The predicted molar refractivity (Wildman–Crippen MR) is 75.1 cm³/mol. The molecule has 108 valence electrons. The van der Waals surface area contributed by atoms with Crippen molar-refractivity contribution in [2.45, 2.75) is 39.2 Å². The number of hydrogen-bond donors (Lipinski definition) is 1. The lowest BCUT2D eigenvalue weighted by molar-refractivity contribution is -0.143. The Hall–Kier alpha value is -1.75. The van der Waals surface area contributed by atoms with Crippen molar-refractivity contribution in [1.82, 2.24) is 9.99 Å². The molecule has 0 radical (unpaired) electrons. The number of Topliss-reactive ketones (excluding diaryl/α,β-unsaturated/α-hetero) is 1. The van der Waals surface area contributed by atoms with Crippen molar-refractivity contribution in [2.24, 2.45) is 17.7 Å². The van der Waals surface area contributed by atoms with Crippen molar-refractivity contribution in [3.05, 3.63) is 30.1 Å². The molecular formula is C15H21N3O2. The molecule has 0 spiro atoms. The molecule has 1 amide bonds. The van der Waals surface area contributed by atoms with Crippen LogP contribution in [0, 0.1) is 11.8 Å². The van der Waals surface area contributed by atoms with Crippen LogP contribution in [0.5, 0.6) is 0 Å². The normalized spacial score (nSPS) is 22.3. The first-order valence-corrected chi connectivity index (χ1v) is 7.06. The number of carbonyl (C=O) groups is 2. The standard InChI is InChI=1S/C15H21N3O2/c1-11(19)13-7-2-3-8-14(13)15(20)18(16)10-12-6-4-5-9-17-12/h4-6,9,13-14H,2-3,7-8,10,16H2,1H3/t13-,14-/m0/s1. The largest absolute Gasteiger partial charge is 0.300 e. The number of amides is 1. The van der Waals surface area contributed by atoms with Crippen LogP contribution in [0.25, 0.3) is 0 Å². The third-order valence-electron chi connectivity index (χ3n) is 3.95. The molecule has 5 nitrogen and oxygen atoms in total. The Morgan fingerprint density at radius 1 is 1.30 bits per heavy atom. The number of carbonyl (C=O) groups excluding carboxylic acids is 2. The lowest BCUT2D eigenvalue weighted by atomic mass is 9.76. The fourth-order valence-electron chi connectivity index (χ4n) is 2.87. The van der Waals surface area contributed by atoms with Crippen LogP contribution in [0.4, 0.5) is 0 Å². The molecule has 1 aromatic rings. The van der Waals surface area contributed by atoms with Crippen LogP contribution in [-0.2, 0) is 16.1 Å². The maximum atomic E-state index is 12.4. The van der Waals surface area contributed by atoms with E-state index in [0.29, 0.717) is 0 Å². The highest BCUT2D eigenvalue weighted by Crippen LogP contribution is 2.31. The summed E-state index contributed by atoms with van der Waals surface area (Å²) in [5, 5.41) is 1.20. The molecule has 1 aliphatic carbocycles. The van der Waals surface area contributed by atoms with E-state index < -0.39 is 0 Å². The number of hydrazine groups is 1. The first-order chi connectivity index (χ1) is 9.59. The molecule has 20 heavy (non-hydrogen) atoms. The van der Waals surface area contributed by atoms with Gasteiger partial charge in [0.1, 0.15) is 5.78 Å². The van der Waals surface area contributed by atoms with Crippen LogP contribution in [0.1, 0.15) is 38.3 Å². The topological polar surface area (TPSA) is 76.3 Å². The van der Waals surface area contributed by atoms with Gasteiger partial charge in [-0.15, -0.1) is 0 Å². The Bertz CT molecular complexity index is 475. The molecule has 2 N–H and O–H groups in total. The van der Waals surface area contributed by atoms with E-state index in [1.54, 1.807) is 13.1 Å². The van der Waals surface area contributed by atoms with Crippen molar-refractivity contribution in [2.75, 3.05) is 0 Å². The Balaban J connectivity index is 2.03. The molecule has 0 saturated heterocycles. The van der Waals surface area contributed by atoms with Crippen molar-refractivity contribution in [3.8, 4) is 0 Å². The molecule has 0 aliphatic heterocycles. The fraction of sp³-hybridized carbons (Fsp3) is 0.533. The van der Waals surface area contributed by atoms with E-state index in [1.165, 1.54) is 5.01 Å². The summed E-state index contributed by atoms with van der Waals surface area (Å²) in [7, 11) is 0. The summed E-state index contributed by atoms with van der Waals surface area (Å²) in [6.45, 7) is 1.84. The highest BCUT2D eigenvalue weighted by atomic mass is 16.2. The number of aromatic nitrogens is 1. The molecule has 1 fully saturated rings. The Labute approximate surface area is 119 Å². The van der Waals surface area contributed by atoms with Crippen LogP contribution >= 0.6 is 0 Å². The number of nitrogens with zero attached hydrogens (tertiary/aromatic N) is 2. The molecule has 0 unspecified atom stereocenters. The molecule has 5 heteroatoms. The minimum Gasteiger partial charge on any atom is -0.300 e. The Morgan fingerprint density at radius 3 is 2.60 bits per heavy atom. The third-order valence-corrected chi connectivity index (χ3v) is 3.95. The third kappa shape index (κ3) is 3.42. The summed E-state index contributed by atoms with van der Waals surface area (Å²) >= 11 is 0. The van der Waals surface area contributed by atoms with Gasteiger partial charge in [0.05, 0.1) is 12.2 Å². The average Bonchev–Trinajstić information content (AvgIpc) is 2.47. The van der Waals surface area contributed by atoms with Gasteiger partial charge in [-0.1, -0.05) is 18.9 Å². The van der Waals surface area contributed by atoms with Crippen LogP contribution in [0.15, 0.2) is 24.4 Å². The van der Waals surface area contributed by atoms with Gasteiger partial charge in [-0.3, -0.25) is 19.6 Å². The smallest absolute Gasteiger partial charge is 0.240 e. The first-order valence-electron chi connectivity index (χ1n) is 7.06. The number of nitrogens with two attached hydrogens (primary N) is 1. The SMILES string of the molecule is CC(=O)[C@@H]1CCCC[C@@H]1C(=O)N(N)Cc1ccccn1.